The molecule has 1 aromatic carbocycles. The second-order valence-corrected chi connectivity index (χ2v) is 19.0. The molecule has 1 spiro atoms. The number of methoxy groups -OCH3 is 1. The molecule has 6 aliphatic rings. The number of carbonyl (C=O) groups is 4. The lowest BCUT2D eigenvalue weighted by molar-refractivity contribution is -0.141. The number of nitrogens with one attached hydrogen (secondary N) is 3. The van der Waals surface area contributed by atoms with Gasteiger partial charge < -0.3 is 30.1 Å². The molecule has 2 saturated heterocycles. The van der Waals surface area contributed by atoms with Crippen molar-refractivity contribution in [3.63, 3.8) is 0 Å². The van der Waals surface area contributed by atoms with Crippen LogP contribution in [0.2, 0.25) is 0 Å². The highest BCUT2D eigenvalue weighted by molar-refractivity contribution is 7.91. The first-order chi connectivity index (χ1) is 26.0. The minimum Gasteiger partial charge on any atom is -0.497 e. The Morgan fingerprint density at radius 1 is 1.05 bits per heavy atom. The normalized spacial score (nSPS) is 31.4. The number of ether oxygens (including phenoxy) is 2. The van der Waals surface area contributed by atoms with E-state index in [2.05, 4.69) is 15.4 Å². The predicted octanol–water partition coefficient (Wildman–Crippen LogP) is 4.59. The van der Waals surface area contributed by atoms with Crippen LogP contribution in [0.3, 0.4) is 0 Å². The number of carboxylic acid groups (broad SMARTS) is 1. The molecule has 1 aromatic heterocycles. The topological polar surface area (TPSA) is 193 Å². The molecule has 0 bridgehead atoms. The maximum Gasteiger partial charge on any atom is 0.405 e. The fraction of sp³-hybridized carbons (Fsp3) is 0.658. The minimum absolute atomic E-state index is 0.0906. The Kier molecular flexibility index (Phi) is 9.00. The number of alkyl halides is 2. The van der Waals surface area contributed by atoms with Gasteiger partial charge in [0.15, 0.2) is 5.75 Å². The number of hydrogen-bond acceptors (Lipinski definition) is 9. The van der Waals surface area contributed by atoms with Crippen LogP contribution in [0.5, 0.6) is 11.5 Å². The molecule has 5 atom stereocenters. The summed E-state index contributed by atoms with van der Waals surface area (Å²) in [7, 11) is -2.63. The predicted molar refractivity (Wildman–Crippen MR) is 193 cm³/mol. The summed E-state index contributed by atoms with van der Waals surface area (Å²) in [6.07, 6.45) is 3.75. The van der Waals surface area contributed by atoms with Crippen LogP contribution in [0.25, 0.3) is 10.9 Å². The number of benzene rings is 1. The van der Waals surface area contributed by atoms with Crippen LogP contribution in [-0.2, 0) is 30.3 Å². The zero-order valence-electron chi connectivity index (χ0n) is 30.9. The standard InChI is InChI=1S/C38H47F2N5O9S/c1-35(14-15-35)55(51,52)44-33(48)37-17-22(37)8-6-4-3-5-7-9-26(42-34(49)50)32(47)45-20-36(18-27(45)31(46)43-37)19-38(39,40)28-24-16-23(53-2)12-13-25(24)41-29(21-10-11-21)30(28)54-36/h12-13,16,21-22,26-27,42H,3-11,14-15,17-20H2,1-2H3,(H,43,46)(H,44,48)(H,49,50)/t22-,26-,27-,36-,37+/m0/s1. The lowest BCUT2D eigenvalue weighted by atomic mass is 9.84. The van der Waals surface area contributed by atoms with Crippen LogP contribution in [0.15, 0.2) is 18.2 Å². The summed E-state index contributed by atoms with van der Waals surface area (Å²) in [5.41, 5.74) is -3.00. The first-order valence-electron chi connectivity index (χ1n) is 19.3. The minimum atomic E-state index is -4.06. The Balaban J connectivity index is 1.18. The second kappa shape index (κ2) is 13.2. The molecule has 3 saturated carbocycles. The molecule has 5 fully saturated rings. The third-order valence-corrected chi connectivity index (χ3v) is 14.8. The van der Waals surface area contributed by atoms with Gasteiger partial charge in [0, 0.05) is 17.7 Å². The van der Waals surface area contributed by atoms with Crippen molar-refractivity contribution >= 4 is 44.7 Å². The van der Waals surface area contributed by atoms with Crippen LogP contribution in [0, 0.1) is 5.92 Å². The molecule has 4 heterocycles. The Morgan fingerprint density at radius 2 is 1.76 bits per heavy atom. The van der Waals surface area contributed by atoms with E-state index in [4.69, 9.17) is 14.5 Å². The summed E-state index contributed by atoms with van der Waals surface area (Å²) in [5.74, 6) is -6.22. The van der Waals surface area contributed by atoms with Crippen LogP contribution in [0.1, 0.15) is 114 Å². The number of carbonyl (C=O) groups excluding carboxylic acids is 3. The highest BCUT2D eigenvalue weighted by Gasteiger charge is 2.65. The Bertz CT molecular complexity index is 2080. The highest BCUT2D eigenvalue weighted by Crippen LogP contribution is 2.58. The molecule has 4 N–H and O–H groups in total. The van der Waals surface area contributed by atoms with E-state index < -0.39 is 87.1 Å². The summed E-state index contributed by atoms with van der Waals surface area (Å²) in [4.78, 5) is 60.7. The highest BCUT2D eigenvalue weighted by atomic mass is 32.2. The molecule has 0 radical (unpaired) electrons. The average Bonchev–Trinajstić information content (AvgIpc) is 4.05. The van der Waals surface area contributed by atoms with Gasteiger partial charge in [-0.1, -0.05) is 32.1 Å². The monoisotopic (exact) mass is 787 g/mol. The van der Waals surface area contributed by atoms with E-state index in [1.165, 1.54) is 13.2 Å². The number of pyridine rings is 1. The van der Waals surface area contributed by atoms with E-state index in [0.29, 0.717) is 55.5 Å². The number of nitrogens with zero attached hydrogens (tertiary/aromatic N) is 2. The number of hydrogen-bond donors (Lipinski definition) is 4. The number of halogens is 2. The molecule has 55 heavy (non-hydrogen) atoms. The van der Waals surface area contributed by atoms with E-state index in [-0.39, 0.29) is 41.4 Å². The molecular weight excluding hydrogens is 741 g/mol. The maximum atomic E-state index is 16.9. The van der Waals surface area contributed by atoms with Crippen LogP contribution < -0.4 is 24.8 Å². The van der Waals surface area contributed by atoms with Crippen LogP contribution in [-0.4, -0.2) is 88.8 Å². The van der Waals surface area contributed by atoms with Gasteiger partial charge in [-0.3, -0.25) is 19.1 Å². The molecule has 2 aromatic rings. The Labute approximate surface area is 317 Å². The fourth-order valence-electron chi connectivity index (χ4n) is 8.96. The Morgan fingerprint density at radius 3 is 2.44 bits per heavy atom. The van der Waals surface area contributed by atoms with Gasteiger partial charge in [0.05, 0.1) is 41.6 Å². The molecular formula is C38H47F2N5O9S. The number of sulfonamides is 1. The number of aromatic nitrogens is 1. The largest absolute Gasteiger partial charge is 0.497 e. The molecule has 17 heteroatoms. The summed E-state index contributed by atoms with van der Waals surface area (Å²) in [5, 5.41) is 15.0. The van der Waals surface area contributed by atoms with Crippen molar-refractivity contribution in [2.45, 2.75) is 137 Å². The zero-order valence-corrected chi connectivity index (χ0v) is 31.7. The lowest BCUT2D eigenvalue weighted by Gasteiger charge is -2.40. The van der Waals surface area contributed by atoms with Crippen molar-refractivity contribution in [3.05, 3.63) is 29.5 Å². The third kappa shape index (κ3) is 6.73. The number of rotatable bonds is 6. The number of fused-ring (bicyclic) bond motifs is 5. The van der Waals surface area contributed by atoms with Crippen molar-refractivity contribution in [1.82, 2.24) is 25.2 Å². The molecule has 3 aliphatic heterocycles. The fourth-order valence-corrected chi connectivity index (χ4v) is 10.3. The van der Waals surface area contributed by atoms with Gasteiger partial charge in [-0.2, -0.15) is 0 Å². The summed E-state index contributed by atoms with van der Waals surface area (Å²) >= 11 is 0. The first kappa shape index (κ1) is 37.6. The van der Waals surface area contributed by atoms with E-state index >= 15 is 8.78 Å². The SMILES string of the molecule is COc1ccc2nc(C3CC3)c3c(c2c1)C(F)(F)C[C@]1(C[C@H]2C(=O)N[C@]4(C(=O)NS(=O)(=O)C5(C)CC5)C[C@@H]4CCCCCCC[C@H](NC(=O)O)C(=O)N2C1)O3. The summed E-state index contributed by atoms with van der Waals surface area (Å²) in [6.45, 7) is 1.08. The average molecular weight is 788 g/mol. The van der Waals surface area contributed by atoms with Crippen molar-refractivity contribution in [3.8, 4) is 11.5 Å². The quantitative estimate of drug-likeness (QED) is 0.322. The Hall–Kier alpha value is -4.28. The van der Waals surface area contributed by atoms with Gasteiger partial charge in [0.2, 0.25) is 21.8 Å². The second-order valence-electron chi connectivity index (χ2n) is 16.8. The molecule has 3 aliphatic carbocycles. The van der Waals surface area contributed by atoms with Gasteiger partial charge in [0.1, 0.15) is 29.0 Å². The molecule has 298 valence electrons. The van der Waals surface area contributed by atoms with Crippen molar-refractivity contribution in [2.24, 2.45) is 5.92 Å². The van der Waals surface area contributed by atoms with E-state index in [0.717, 1.165) is 30.6 Å². The van der Waals surface area contributed by atoms with Crippen LogP contribution in [0.4, 0.5) is 13.6 Å². The van der Waals surface area contributed by atoms with Gasteiger partial charge >= 0.3 is 6.09 Å². The maximum absolute atomic E-state index is 16.9. The smallest absolute Gasteiger partial charge is 0.405 e. The number of amides is 4. The molecule has 14 nitrogen and oxygen atoms in total. The van der Waals surface area contributed by atoms with E-state index in [1.807, 2.05) is 0 Å². The van der Waals surface area contributed by atoms with Crippen LogP contribution >= 0.6 is 0 Å². The van der Waals surface area contributed by atoms with Gasteiger partial charge in [-0.25, -0.2) is 27.0 Å². The molecule has 0 unspecified atom stereocenters. The van der Waals surface area contributed by atoms with E-state index in [9.17, 15) is 32.7 Å². The summed E-state index contributed by atoms with van der Waals surface area (Å²) in [6, 6.07) is 2.04. The lowest BCUT2D eigenvalue weighted by Crippen LogP contribution is -2.58. The van der Waals surface area contributed by atoms with Crippen molar-refractivity contribution < 1.29 is 51.0 Å². The van der Waals surface area contributed by atoms with Gasteiger partial charge in [-0.15, -0.1) is 0 Å². The van der Waals surface area contributed by atoms with Gasteiger partial charge in [0.25, 0.3) is 11.8 Å². The zero-order chi connectivity index (χ0) is 39.1. The third-order valence-electron chi connectivity index (χ3n) is 12.7. The van der Waals surface area contributed by atoms with Crippen molar-refractivity contribution in [1.29, 1.82) is 0 Å². The molecule has 4 amide bonds. The first-order valence-corrected chi connectivity index (χ1v) is 20.8. The van der Waals surface area contributed by atoms with E-state index in [1.54, 1.807) is 19.1 Å². The van der Waals surface area contributed by atoms with Gasteiger partial charge in [-0.05, 0) is 76.0 Å². The molecule has 8 rings (SSSR count). The summed E-state index contributed by atoms with van der Waals surface area (Å²) < 4.78 is 73.3. The van der Waals surface area contributed by atoms with Crippen molar-refractivity contribution in [2.75, 3.05) is 13.7 Å².